The van der Waals surface area contributed by atoms with Crippen LogP contribution in [-0.2, 0) is 4.79 Å². The quantitative estimate of drug-likeness (QED) is 0.810. The van der Waals surface area contributed by atoms with E-state index in [1.54, 1.807) is 21.1 Å². The zero-order valence-corrected chi connectivity index (χ0v) is 16.3. The van der Waals surface area contributed by atoms with Gasteiger partial charge in [-0.15, -0.1) is 0 Å². The number of amides is 1. The van der Waals surface area contributed by atoms with Gasteiger partial charge in [0.05, 0.1) is 26.8 Å². The Bertz CT molecular complexity index is 683. The van der Waals surface area contributed by atoms with E-state index in [2.05, 4.69) is 16.3 Å². The Morgan fingerprint density at radius 3 is 2.65 bits per heavy atom. The third kappa shape index (κ3) is 4.28. The molecule has 1 aliphatic heterocycles. The van der Waals surface area contributed by atoms with Crippen LogP contribution in [0.1, 0.15) is 45.2 Å². The number of nitriles is 1. The number of hydrogen-bond acceptors (Lipinski definition) is 5. The van der Waals surface area contributed by atoms with Crippen molar-refractivity contribution in [3.05, 3.63) is 23.8 Å². The molecule has 2 unspecified atom stereocenters. The van der Waals surface area contributed by atoms with Gasteiger partial charge in [0.2, 0.25) is 5.91 Å². The van der Waals surface area contributed by atoms with E-state index in [0.717, 1.165) is 24.9 Å². The number of benzene rings is 1. The molecule has 1 aromatic carbocycles. The summed E-state index contributed by atoms with van der Waals surface area (Å²) in [5.41, 5.74) is 0.259. The average Bonchev–Trinajstić information content (AvgIpc) is 3.08. The highest BCUT2D eigenvalue weighted by Crippen LogP contribution is 2.36. The smallest absolute Gasteiger partial charge is 0.235 e. The van der Waals surface area contributed by atoms with Crippen LogP contribution in [0, 0.1) is 17.2 Å². The molecule has 1 heterocycles. The molecule has 142 valence electrons. The van der Waals surface area contributed by atoms with Gasteiger partial charge in [0, 0.05) is 6.04 Å². The Balaban J connectivity index is 2.11. The number of carbonyl (C=O) groups excluding carboxylic acids is 1. The minimum atomic E-state index is -0.852. The molecule has 1 aliphatic rings. The minimum absolute atomic E-state index is 0.0386. The van der Waals surface area contributed by atoms with Crippen LogP contribution in [0.4, 0.5) is 0 Å². The van der Waals surface area contributed by atoms with Gasteiger partial charge in [-0.1, -0.05) is 19.9 Å². The summed E-state index contributed by atoms with van der Waals surface area (Å²) in [7, 11) is 3.24. The predicted octanol–water partition coefficient (Wildman–Crippen LogP) is 2.90. The Kier molecular flexibility index (Phi) is 6.49. The Morgan fingerprint density at radius 2 is 2.08 bits per heavy atom. The lowest BCUT2D eigenvalue weighted by atomic mass is 9.90. The van der Waals surface area contributed by atoms with Gasteiger partial charge >= 0.3 is 0 Å². The number of methoxy groups -OCH3 is 2. The molecule has 0 aromatic heterocycles. The summed E-state index contributed by atoms with van der Waals surface area (Å²) in [6.45, 7) is 6.78. The van der Waals surface area contributed by atoms with E-state index < -0.39 is 5.54 Å². The van der Waals surface area contributed by atoms with Gasteiger partial charge in [-0.3, -0.25) is 9.69 Å². The highest BCUT2D eigenvalue weighted by atomic mass is 16.5. The third-order valence-corrected chi connectivity index (χ3v) is 5.29. The first-order valence-electron chi connectivity index (χ1n) is 9.03. The van der Waals surface area contributed by atoms with Crippen molar-refractivity contribution < 1.29 is 14.3 Å². The second-order valence-corrected chi connectivity index (χ2v) is 7.26. The normalized spacial score (nSPS) is 19.7. The SMILES string of the molecule is COc1ccc(C2CCCN2CC(=O)NC(C)(C#N)C(C)C)cc1OC. The van der Waals surface area contributed by atoms with Crippen molar-refractivity contribution in [3.63, 3.8) is 0 Å². The summed E-state index contributed by atoms with van der Waals surface area (Å²) in [5, 5.41) is 12.3. The summed E-state index contributed by atoms with van der Waals surface area (Å²) in [6, 6.07) is 8.29. The molecule has 26 heavy (non-hydrogen) atoms. The minimum Gasteiger partial charge on any atom is -0.493 e. The number of nitrogens with one attached hydrogen (secondary N) is 1. The maximum absolute atomic E-state index is 12.5. The van der Waals surface area contributed by atoms with Gasteiger partial charge < -0.3 is 14.8 Å². The zero-order chi connectivity index (χ0) is 19.3. The maximum atomic E-state index is 12.5. The first-order valence-corrected chi connectivity index (χ1v) is 9.03. The lowest BCUT2D eigenvalue weighted by Gasteiger charge is -2.30. The summed E-state index contributed by atoms with van der Waals surface area (Å²) >= 11 is 0. The molecule has 1 fully saturated rings. The highest BCUT2D eigenvalue weighted by molar-refractivity contribution is 5.79. The third-order valence-electron chi connectivity index (χ3n) is 5.29. The van der Waals surface area contributed by atoms with Gasteiger partial charge in [0.15, 0.2) is 11.5 Å². The molecule has 0 bridgehead atoms. The highest BCUT2D eigenvalue weighted by Gasteiger charge is 2.33. The van der Waals surface area contributed by atoms with Crippen LogP contribution in [0.2, 0.25) is 0 Å². The molecule has 0 radical (unpaired) electrons. The Hall–Kier alpha value is -2.26. The van der Waals surface area contributed by atoms with E-state index in [-0.39, 0.29) is 24.4 Å². The molecule has 1 saturated heterocycles. The van der Waals surface area contributed by atoms with Crippen LogP contribution in [0.5, 0.6) is 11.5 Å². The van der Waals surface area contributed by atoms with Crippen LogP contribution in [0.3, 0.4) is 0 Å². The molecule has 6 heteroatoms. The maximum Gasteiger partial charge on any atom is 0.235 e. The number of ether oxygens (including phenoxy) is 2. The van der Waals surface area contributed by atoms with Crippen molar-refractivity contribution in [2.24, 2.45) is 5.92 Å². The number of carbonyl (C=O) groups is 1. The van der Waals surface area contributed by atoms with Crippen LogP contribution < -0.4 is 14.8 Å². The van der Waals surface area contributed by atoms with E-state index in [1.807, 2.05) is 32.0 Å². The van der Waals surface area contributed by atoms with Crippen LogP contribution in [0.15, 0.2) is 18.2 Å². The molecule has 2 atom stereocenters. The molecule has 2 rings (SSSR count). The van der Waals surface area contributed by atoms with Gasteiger partial charge in [-0.25, -0.2) is 0 Å². The summed E-state index contributed by atoms with van der Waals surface area (Å²) in [5.74, 6) is 1.31. The Morgan fingerprint density at radius 1 is 1.38 bits per heavy atom. The van der Waals surface area contributed by atoms with Crippen molar-refractivity contribution in [1.82, 2.24) is 10.2 Å². The van der Waals surface area contributed by atoms with Crippen LogP contribution >= 0.6 is 0 Å². The number of hydrogen-bond donors (Lipinski definition) is 1. The van der Waals surface area contributed by atoms with Crippen LogP contribution in [-0.4, -0.2) is 43.7 Å². The lowest BCUT2D eigenvalue weighted by Crippen LogP contribution is -2.51. The molecular formula is C20H29N3O3. The summed E-state index contributed by atoms with van der Waals surface area (Å²) < 4.78 is 10.7. The fourth-order valence-electron chi connectivity index (χ4n) is 3.27. The van der Waals surface area contributed by atoms with Crippen LogP contribution in [0.25, 0.3) is 0 Å². The van der Waals surface area contributed by atoms with E-state index >= 15 is 0 Å². The van der Waals surface area contributed by atoms with E-state index in [1.165, 1.54) is 0 Å². The predicted molar refractivity (Wildman–Crippen MR) is 100 cm³/mol. The fourth-order valence-corrected chi connectivity index (χ4v) is 3.27. The van der Waals surface area contributed by atoms with Gasteiger partial charge in [-0.05, 0) is 49.9 Å². The van der Waals surface area contributed by atoms with E-state index in [9.17, 15) is 10.1 Å². The van der Waals surface area contributed by atoms with Crippen molar-refractivity contribution in [2.75, 3.05) is 27.3 Å². The van der Waals surface area contributed by atoms with Crippen molar-refractivity contribution in [2.45, 2.75) is 45.2 Å². The van der Waals surface area contributed by atoms with Gasteiger partial charge in [0.1, 0.15) is 5.54 Å². The van der Waals surface area contributed by atoms with E-state index in [4.69, 9.17) is 9.47 Å². The van der Waals surface area contributed by atoms with Gasteiger partial charge in [-0.2, -0.15) is 5.26 Å². The molecular weight excluding hydrogens is 330 g/mol. The number of rotatable bonds is 7. The van der Waals surface area contributed by atoms with Gasteiger partial charge in [0.25, 0.3) is 0 Å². The first-order chi connectivity index (χ1) is 12.3. The van der Waals surface area contributed by atoms with Crippen molar-refractivity contribution >= 4 is 5.91 Å². The Labute approximate surface area is 156 Å². The molecule has 0 aliphatic carbocycles. The number of likely N-dealkylation sites (tertiary alicyclic amines) is 1. The second-order valence-electron chi connectivity index (χ2n) is 7.26. The standard InChI is InChI=1S/C20H29N3O3/c1-14(2)20(3,13-21)22-19(24)12-23-10-6-7-16(23)15-8-9-17(25-4)18(11-15)26-5/h8-9,11,14,16H,6-7,10,12H2,1-5H3,(H,22,24). The average molecular weight is 359 g/mol. The van der Waals surface area contributed by atoms with E-state index in [0.29, 0.717) is 11.5 Å². The summed E-state index contributed by atoms with van der Waals surface area (Å²) in [6.07, 6.45) is 2.02. The molecule has 0 spiro atoms. The fraction of sp³-hybridized carbons (Fsp3) is 0.600. The van der Waals surface area contributed by atoms with Crippen molar-refractivity contribution in [3.8, 4) is 17.6 Å². The largest absolute Gasteiger partial charge is 0.493 e. The second kappa shape index (κ2) is 8.41. The lowest BCUT2D eigenvalue weighted by molar-refractivity contribution is -0.124. The topological polar surface area (TPSA) is 74.6 Å². The zero-order valence-electron chi connectivity index (χ0n) is 16.3. The molecule has 1 amide bonds. The molecule has 0 saturated carbocycles. The first kappa shape index (κ1) is 20.1. The molecule has 1 N–H and O–H groups in total. The van der Waals surface area contributed by atoms with Crippen molar-refractivity contribution in [1.29, 1.82) is 5.26 Å². The molecule has 1 aromatic rings. The summed E-state index contributed by atoms with van der Waals surface area (Å²) in [4.78, 5) is 14.7. The number of nitrogens with zero attached hydrogens (tertiary/aromatic N) is 2. The molecule has 6 nitrogen and oxygen atoms in total. The monoisotopic (exact) mass is 359 g/mol.